The summed E-state index contributed by atoms with van der Waals surface area (Å²) in [5.74, 6) is 0.925. The van der Waals surface area contributed by atoms with Crippen molar-refractivity contribution in [2.45, 2.75) is 31.8 Å². The third kappa shape index (κ3) is 4.20. The number of methoxy groups -OCH3 is 1. The fourth-order valence-corrected chi connectivity index (χ4v) is 3.01. The molecule has 1 fully saturated rings. The summed E-state index contributed by atoms with van der Waals surface area (Å²) in [6.45, 7) is 3.25. The molecule has 1 unspecified atom stereocenters. The van der Waals surface area contributed by atoms with Gasteiger partial charge in [-0.2, -0.15) is 0 Å². The van der Waals surface area contributed by atoms with Crippen LogP contribution in [0, 0.1) is 0 Å². The zero-order chi connectivity index (χ0) is 13.7. The molecule has 0 aromatic heterocycles. The van der Waals surface area contributed by atoms with E-state index in [-0.39, 0.29) is 0 Å². The Kier molecular flexibility index (Phi) is 5.67. The molecule has 1 aliphatic rings. The van der Waals surface area contributed by atoms with E-state index in [1.54, 1.807) is 7.11 Å². The summed E-state index contributed by atoms with van der Waals surface area (Å²) in [7, 11) is 3.94. The molecule has 1 aromatic carbocycles. The average Bonchev–Trinajstić information content (AvgIpc) is 2.70. The normalized spacial score (nSPS) is 20.3. The first-order chi connectivity index (χ1) is 9.20. The molecule has 3 nitrogen and oxygen atoms in total. The van der Waals surface area contributed by atoms with Crippen LogP contribution in [0.2, 0.25) is 0 Å². The molecule has 0 bridgehead atoms. The molecule has 1 N–H and O–H groups in total. The van der Waals surface area contributed by atoms with Gasteiger partial charge in [0.2, 0.25) is 0 Å². The molecule has 0 aliphatic carbocycles. The first-order valence-corrected chi connectivity index (χ1v) is 7.73. The van der Waals surface area contributed by atoms with Gasteiger partial charge in [0, 0.05) is 17.1 Å². The number of ether oxygens (including phenoxy) is 1. The highest BCUT2D eigenvalue weighted by molar-refractivity contribution is 9.10. The lowest BCUT2D eigenvalue weighted by Gasteiger charge is -2.27. The first kappa shape index (κ1) is 14.8. The lowest BCUT2D eigenvalue weighted by atomic mass is 10.1. The van der Waals surface area contributed by atoms with Crippen molar-refractivity contribution in [1.82, 2.24) is 10.2 Å². The van der Waals surface area contributed by atoms with Crippen molar-refractivity contribution in [3.8, 4) is 5.75 Å². The van der Waals surface area contributed by atoms with Crippen LogP contribution in [0.25, 0.3) is 0 Å². The Morgan fingerprint density at radius 3 is 3.00 bits per heavy atom. The molecule has 0 spiro atoms. The second-order valence-electron chi connectivity index (χ2n) is 5.21. The third-order valence-corrected chi connectivity index (χ3v) is 4.61. The van der Waals surface area contributed by atoms with Crippen molar-refractivity contribution in [2.24, 2.45) is 0 Å². The molecule has 19 heavy (non-hydrogen) atoms. The van der Waals surface area contributed by atoms with E-state index in [9.17, 15) is 0 Å². The van der Waals surface area contributed by atoms with Crippen molar-refractivity contribution in [3.63, 3.8) is 0 Å². The Labute approximate surface area is 124 Å². The molecule has 0 radical (unpaired) electrons. The summed E-state index contributed by atoms with van der Waals surface area (Å²) in [5, 5.41) is 3.47. The fourth-order valence-electron chi connectivity index (χ4n) is 2.64. The van der Waals surface area contributed by atoms with Gasteiger partial charge < -0.3 is 10.1 Å². The van der Waals surface area contributed by atoms with E-state index in [1.165, 1.54) is 24.8 Å². The van der Waals surface area contributed by atoms with Gasteiger partial charge in [-0.05, 0) is 63.2 Å². The van der Waals surface area contributed by atoms with E-state index >= 15 is 0 Å². The molecular weight excluding hydrogens is 304 g/mol. The van der Waals surface area contributed by atoms with Crippen molar-refractivity contribution in [2.75, 3.05) is 27.2 Å². The SMILES string of the molecule is COc1ccc(Br)c(CN(C)C2CCCNCC2)c1. The van der Waals surface area contributed by atoms with Crippen molar-refractivity contribution in [1.29, 1.82) is 0 Å². The quantitative estimate of drug-likeness (QED) is 0.920. The fraction of sp³-hybridized carbons (Fsp3) is 0.600. The summed E-state index contributed by atoms with van der Waals surface area (Å²) < 4.78 is 6.47. The number of nitrogens with one attached hydrogen (secondary N) is 1. The Hall–Kier alpha value is -0.580. The molecule has 1 saturated heterocycles. The van der Waals surface area contributed by atoms with Crippen LogP contribution in [0.1, 0.15) is 24.8 Å². The highest BCUT2D eigenvalue weighted by Crippen LogP contribution is 2.25. The molecule has 106 valence electrons. The summed E-state index contributed by atoms with van der Waals surface area (Å²) in [4.78, 5) is 2.46. The van der Waals surface area contributed by atoms with Crippen LogP contribution in [0.3, 0.4) is 0 Å². The smallest absolute Gasteiger partial charge is 0.119 e. The zero-order valence-electron chi connectivity index (χ0n) is 11.8. The molecule has 1 atom stereocenters. The van der Waals surface area contributed by atoms with Gasteiger partial charge in [-0.1, -0.05) is 15.9 Å². The maximum absolute atomic E-state index is 5.31. The van der Waals surface area contributed by atoms with Gasteiger partial charge in [0.25, 0.3) is 0 Å². The highest BCUT2D eigenvalue weighted by atomic mass is 79.9. The predicted octanol–water partition coefficient (Wildman–Crippen LogP) is 3.03. The minimum absolute atomic E-state index is 0.674. The standard InChI is InChI=1S/C15H23BrN2O/c1-18(13-4-3-8-17-9-7-13)11-12-10-14(19-2)5-6-15(12)16/h5-6,10,13,17H,3-4,7-9,11H2,1-2H3. The monoisotopic (exact) mass is 326 g/mol. The number of benzene rings is 1. The molecular formula is C15H23BrN2O. The first-order valence-electron chi connectivity index (χ1n) is 6.94. The number of halogens is 1. The van der Waals surface area contributed by atoms with Crippen LogP contribution in [0.4, 0.5) is 0 Å². The van der Waals surface area contributed by atoms with Crippen LogP contribution < -0.4 is 10.1 Å². The zero-order valence-corrected chi connectivity index (χ0v) is 13.4. The van der Waals surface area contributed by atoms with Gasteiger partial charge in [0.05, 0.1) is 7.11 Å². The van der Waals surface area contributed by atoms with E-state index in [4.69, 9.17) is 4.74 Å². The molecule has 1 aromatic rings. The molecule has 0 saturated carbocycles. The van der Waals surface area contributed by atoms with Gasteiger partial charge in [0.1, 0.15) is 5.75 Å². The van der Waals surface area contributed by atoms with Crippen molar-refractivity contribution in [3.05, 3.63) is 28.2 Å². The lowest BCUT2D eigenvalue weighted by molar-refractivity contribution is 0.216. The van der Waals surface area contributed by atoms with Crippen molar-refractivity contribution < 1.29 is 4.74 Å². The Morgan fingerprint density at radius 1 is 1.37 bits per heavy atom. The Bertz CT molecular complexity index is 403. The van der Waals surface area contributed by atoms with Gasteiger partial charge in [-0.15, -0.1) is 0 Å². The maximum atomic E-state index is 5.31. The van der Waals surface area contributed by atoms with E-state index < -0.39 is 0 Å². The minimum atomic E-state index is 0.674. The molecule has 1 aliphatic heterocycles. The average molecular weight is 327 g/mol. The van der Waals surface area contributed by atoms with Crippen molar-refractivity contribution >= 4 is 15.9 Å². The number of hydrogen-bond acceptors (Lipinski definition) is 3. The second kappa shape index (κ2) is 7.27. The molecule has 0 amide bonds. The highest BCUT2D eigenvalue weighted by Gasteiger charge is 2.17. The topological polar surface area (TPSA) is 24.5 Å². The van der Waals surface area contributed by atoms with Gasteiger partial charge in [-0.3, -0.25) is 4.90 Å². The number of rotatable bonds is 4. The van der Waals surface area contributed by atoms with Crippen LogP contribution >= 0.6 is 15.9 Å². The van der Waals surface area contributed by atoms with Gasteiger partial charge in [0.15, 0.2) is 0 Å². The summed E-state index contributed by atoms with van der Waals surface area (Å²) in [5.41, 5.74) is 1.29. The maximum Gasteiger partial charge on any atom is 0.119 e. The van der Waals surface area contributed by atoms with Gasteiger partial charge in [-0.25, -0.2) is 0 Å². The number of hydrogen-bond donors (Lipinski definition) is 1. The summed E-state index contributed by atoms with van der Waals surface area (Å²) >= 11 is 3.63. The Morgan fingerprint density at radius 2 is 2.21 bits per heavy atom. The Balaban J connectivity index is 2.02. The molecule has 2 rings (SSSR count). The van der Waals surface area contributed by atoms with Crippen LogP contribution in [-0.4, -0.2) is 38.2 Å². The largest absolute Gasteiger partial charge is 0.497 e. The second-order valence-corrected chi connectivity index (χ2v) is 6.06. The number of nitrogens with zero attached hydrogens (tertiary/aromatic N) is 1. The minimum Gasteiger partial charge on any atom is -0.497 e. The third-order valence-electron chi connectivity index (χ3n) is 3.84. The van der Waals surface area contributed by atoms with E-state index in [0.29, 0.717) is 6.04 Å². The van der Waals surface area contributed by atoms with Crippen LogP contribution in [-0.2, 0) is 6.54 Å². The van der Waals surface area contributed by atoms with E-state index in [2.05, 4.69) is 45.3 Å². The molecule has 1 heterocycles. The van der Waals surface area contributed by atoms with E-state index in [0.717, 1.165) is 29.9 Å². The van der Waals surface area contributed by atoms with Crippen LogP contribution in [0.5, 0.6) is 5.75 Å². The summed E-state index contributed by atoms with van der Waals surface area (Å²) in [6, 6.07) is 6.85. The molecule has 4 heteroatoms. The van der Waals surface area contributed by atoms with Gasteiger partial charge >= 0.3 is 0 Å². The predicted molar refractivity (Wildman–Crippen MR) is 82.7 cm³/mol. The van der Waals surface area contributed by atoms with Crippen LogP contribution in [0.15, 0.2) is 22.7 Å². The van der Waals surface area contributed by atoms with E-state index in [1.807, 2.05) is 6.07 Å². The summed E-state index contributed by atoms with van der Waals surface area (Å²) in [6.07, 6.45) is 3.79. The lowest BCUT2D eigenvalue weighted by Crippen LogP contribution is -2.32.